The summed E-state index contributed by atoms with van der Waals surface area (Å²) < 4.78 is 1.65. The molecule has 3 aromatic heterocycles. The summed E-state index contributed by atoms with van der Waals surface area (Å²) in [6.07, 6.45) is 9.46. The molecule has 5 heterocycles. The number of ketones is 1. The van der Waals surface area contributed by atoms with Crippen LogP contribution in [0.3, 0.4) is 0 Å². The molecule has 0 unspecified atom stereocenters. The van der Waals surface area contributed by atoms with E-state index in [1.165, 1.54) is 12.8 Å². The Morgan fingerprint density at radius 1 is 1.03 bits per heavy atom. The lowest BCUT2D eigenvalue weighted by molar-refractivity contribution is -0.135. The molecular formula is C24H29N7O2. The Balaban J connectivity index is 1.19. The Morgan fingerprint density at radius 2 is 1.82 bits per heavy atom. The Bertz CT molecular complexity index is 1160. The smallest absolute Gasteiger partial charge is 0.236 e. The zero-order chi connectivity index (χ0) is 22.8. The van der Waals surface area contributed by atoms with Crippen LogP contribution < -0.4 is 0 Å². The largest absolute Gasteiger partial charge is 0.342 e. The third-order valence-electron chi connectivity index (χ3n) is 6.74. The number of hydrogen-bond acceptors (Lipinski definition) is 7. The first-order valence-electron chi connectivity index (χ1n) is 11.7. The van der Waals surface area contributed by atoms with Gasteiger partial charge in [-0.3, -0.25) is 29.1 Å². The number of carbonyl (C=O) groups is 2. The van der Waals surface area contributed by atoms with E-state index in [9.17, 15) is 9.59 Å². The summed E-state index contributed by atoms with van der Waals surface area (Å²) in [7, 11) is 1.83. The van der Waals surface area contributed by atoms with Crippen molar-refractivity contribution in [2.24, 2.45) is 13.0 Å². The maximum atomic E-state index is 13.0. The molecule has 172 valence electrons. The Hall–Kier alpha value is -3.20. The van der Waals surface area contributed by atoms with Crippen LogP contribution >= 0.6 is 0 Å². The second-order valence-electron chi connectivity index (χ2n) is 9.15. The number of likely N-dealkylation sites (tertiary alicyclic amines) is 2. The molecule has 2 aliphatic heterocycles. The van der Waals surface area contributed by atoms with Crippen LogP contribution in [0.4, 0.5) is 0 Å². The van der Waals surface area contributed by atoms with Crippen molar-refractivity contribution < 1.29 is 9.59 Å². The van der Waals surface area contributed by atoms with Crippen LogP contribution in [0.2, 0.25) is 0 Å². The van der Waals surface area contributed by atoms with Crippen LogP contribution in [0.25, 0.3) is 22.2 Å². The molecule has 0 N–H and O–H groups in total. The van der Waals surface area contributed by atoms with Crippen molar-refractivity contribution in [1.82, 2.24) is 34.8 Å². The summed E-state index contributed by atoms with van der Waals surface area (Å²) in [6.45, 7) is 3.90. The van der Waals surface area contributed by atoms with E-state index in [1.807, 2.05) is 30.3 Å². The van der Waals surface area contributed by atoms with E-state index < -0.39 is 0 Å². The van der Waals surface area contributed by atoms with Crippen molar-refractivity contribution in [2.75, 3.05) is 32.7 Å². The van der Waals surface area contributed by atoms with Gasteiger partial charge < -0.3 is 4.90 Å². The first kappa shape index (κ1) is 21.6. The highest BCUT2D eigenvalue weighted by atomic mass is 16.2. The number of hydrogen-bond donors (Lipinski definition) is 0. The van der Waals surface area contributed by atoms with Crippen LogP contribution in [0, 0.1) is 5.92 Å². The molecule has 33 heavy (non-hydrogen) atoms. The lowest BCUT2D eigenvalue weighted by Crippen LogP contribution is -2.44. The molecule has 0 radical (unpaired) electrons. The minimum absolute atomic E-state index is 0.0117. The van der Waals surface area contributed by atoms with Gasteiger partial charge in [0.2, 0.25) is 5.91 Å². The van der Waals surface area contributed by atoms with E-state index in [1.54, 1.807) is 17.1 Å². The van der Waals surface area contributed by atoms with E-state index in [-0.39, 0.29) is 17.6 Å². The first-order valence-corrected chi connectivity index (χ1v) is 11.7. The average molecular weight is 448 g/mol. The van der Waals surface area contributed by atoms with Gasteiger partial charge in [0.15, 0.2) is 0 Å². The van der Waals surface area contributed by atoms with E-state index in [0.29, 0.717) is 26.1 Å². The molecule has 0 aromatic carbocycles. The third kappa shape index (κ3) is 4.93. The number of pyridine rings is 2. The standard InChI is InChI=1S/C24H29N7O2/c1-29-15-22(27-28-29)19-10-18-11-20(25-14-21(18)26-13-19)12-23(32)17-4-8-31(9-5-17)24(33)16-30-6-2-3-7-30/h10-11,13-15,17H,2-9,12,16H2,1H3. The molecule has 0 aliphatic carbocycles. The van der Waals surface area contributed by atoms with Gasteiger partial charge in [-0.25, -0.2) is 0 Å². The molecule has 2 aliphatic rings. The highest BCUT2D eigenvalue weighted by molar-refractivity contribution is 5.86. The van der Waals surface area contributed by atoms with Crippen LogP contribution in [-0.2, 0) is 23.1 Å². The number of amides is 1. The van der Waals surface area contributed by atoms with Gasteiger partial charge in [0.05, 0.1) is 24.5 Å². The third-order valence-corrected chi connectivity index (χ3v) is 6.74. The van der Waals surface area contributed by atoms with E-state index in [0.717, 1.165) is 53.8 Å². The number of Topliss-reactive ketones (excluding diaryl/α,β-unsaturated/α-hetero) is 1. The number of carbonyl (C=O) groups excluding carboxylic acids is 2. The number of nitrogens with zero attached hydrogens (tertiary/aromatic N) is 7. The second kappa shape index (κ2) is 9.35. The lowest BCUT2D eigenvalue weighted by Gasteiger charge is -2.32. The SMILES string of the molecule is Cn1cc(-c2cnc3cnc(CC(=O)C4CCN(C(=O)CN5CCCC5)CC4)cc3c2)nn1. The van der Waals surface area contributed by atoms with E-state index >= 15 is 0 Å². The fourth-order valence-corrected chi connectivity index (χ4v) is 4.80. The zero-order valence-electron chi connectivity index (χ0n) is 19.0. The van der Waals surface area contributed by atoms with E-state index in [2.05, 4.69) is 25.2 Å². The maximum absolute atomic E-state index is 13.0. The molecular weight excluding hydrogens is 418 g/mol. The summed E-state index contributed by atoms with van der Waals surface area (Å²) in [5.41, 5.74) is 3.17. The minimum atomic E-state index is -0.0117. The lowest BCUT2D eigenvalue weighted by atomic mass is 9.90. The van der Waals surface area contributed by atoms with Crippen molar-refractivity contribution in [2.45, 2.75) is 32.1 Å². The number of aromatic nitrogens is 5. The molecule has 3 aromatic rings. The number of piperidine rings is 1. The summed E-state index contributed by atoms with van der Waals surface area (Å²) in [5, 5.41) is 9.05. The average Bonchev–Trinajstić information content (AvgIpc) is 3.50. The van der Waals surface area contributed by atoms with Gasteiger partial charge in [-0.15, -0.1) is 5.10 Å². The fourth-order valence-electron chi connectivity index (χ4n) is 4.80. The monoisotopic (exact) mass is 447 g/mol. The number of aryl methyl sites for hydroxylation is 1. The molecule has 9 heteroatoms. The zero-order valence-corrected chi connectivity index (χ0v) is 19.0. The van der Waals surface area contributed by atoms with Crippen molar-refractivity contribution in [3.63, 3.8) is 0 Å². The number of fused-ring (bicyclic) bond motifs is 1. The summed E-state index contributed by atoms with van der Waals surface area (Å²) in [5.74, 6) is 0.388. The fraction of sp³-hybridized carbons (Fsp3) is 0.500. The molecule has 9 nitrogen and oxygen atoms in total. The minimum Gasteiger partial charge on any atom is -0.342 e. The summed E-state index contributed by atoms with van der Waals surface area (Å²) >= 11 is 0. The van der Waals surface area contributed by atoms with Gasteiger partial charge in [-0.2, -0.15) is 0 Å². The maximum Gasteiger partial charge on any atom is 0.236 e. The Kier molecular flexibility index (Phi) is 6.13. The van der Waals surface area contributed by atoms with Gasteiger partial charge >= 0.3 is 0 Å². The Labute approximate surface area is 192 Å². The van der Waals surface area contributed by atoms with Crippen molar-refractivity contribution in [3.05, 3.63) is 36.4 Å². The van der Waals surface area contributed by atoms with Gasteiger partial charge in [0.25, 0.3) is 0 Å². The van der Waals surface area contributed by atoms with Crippen LogP contribution in [0.1, 0.15) is 31.4 Å². The molecule has 0 atom stereocenters. The molecule has 0 bridgehead atoms. The van der Waals surface area contributed by atoms with Crippen molar-refractivity contribution >= 4 is 22.6 Å². The van der Waals surface area contributed by atoms with Gasteiger partial charge in [0.1, 0.15) is 11.5 Å². The Morgan fingerprint density at radius 3 is 2.55 bits per heavy atom. The van der Waals surface area contributed by atoms with Crippen LogP contribution in [0.15, 0.2) is 30.7 Å². The first-order chi connectivity index (χ1) is 16.0. The van der Waals surface area contributed by atoms with Crippen LogP contribution in [0.5, 0.6) is 0 Å². The molecule has 2 fully saturated rings. The van der Waals surface area contributed by atoms with Gasteiger partial charge in [-0.05, 0) is 50.9 Å². The normalized spacial score (nSPS) is 17.7. The molecule has 5 rings (SSSR count). The topological polar surface area (TPSA) is 97.1 Å². The van der Waals surface area contributed by atoms with Crippen molar-refractivity contribution in [1.29, 1.82) is 0 Å². The summed E-state index contributed by atoms with van der Waals surface area (Å²) in [6, 6.07) is 3.95. The highest BCUT2D eigenvalue weighted by Gasteiger charge is 2.28. The number of rotatable bonds is 6. The van der Waals surface area contributed by atoms with Crippen LogP contribution in [-0.4, -0.2) is 79.2 Å². The molecule has 0 spiro atoms. The van der Waals surface area contributed by atoms with Gasteiger partial charge in [0, 0.05) is 55.3 Å². The predicted octanol–water partition coefficient (Wildman–Crippen LogP) is 1.87. The molecule has 0 saturated carbocycles. The van der Waals surface area contributed by atoms with E-state index in [4.69, 9.17) is 0 Å². The molecule has 1 amide bonds. The molecule has 2 saturated heterocycles. The second-order valence-corrected chi connectivity index (χ2v) is 9.15. The highest BCUT2D eigenvalue weighted by Crippen LogP contribution is 2.23. The quantitative estimate of drug-likeness (QED) is 0.569. The summed E-state index contributed by atoms with van der Waals surface area (Å²) in [4.78, 5) is 38.6. The van der Waals surface area contributed by atoms with Crippen molar-refractivity contribution in [3.8, 4) is 11.3 Å². The van der Waals surface area contributed by atoms with Gasteiger partial charge in [-0.1, -0.05) is 5.21 Å². The predicted molar refractivity (Wildman–Crippen MR) is 123 cm³/mol.